The minimum absolute atomic E-state index is 0.0574. The van der Waals surface area contributed by atoms with Crippen molar-refractivity contribution in [2.24, 2.45) is 7.05 Å². The second-order valence-corrected chi connectivity index (χ2v) is 5.96. The molecule has 0 bridgehead atoms. The van der Waals surface area contributed by atoms with Crippen molar-refractivity contribution in [3.8, 4) is 5.75 Å². The number of halogens is 2. The zero-order valence-corrected chi connectivity index (χ0v) is 14.1. The lowest BCUT2D eigenvalue weighted by Gasteiger charge is -2.17. The van der Waals surface area contributed by atoms with Gasteiger partial charge in [0.05, 0.1) is 11.2 Å². The first-order valence-electron chi connectivity index (χ1n) is 6.25. The van der Waals surface area contributed by atoms with Gasteiger partial charge < -0.3 is 9.64 Å². The van der Waals surface area contributed by atoms with Crippen LogP contribution in [-0.4, -0.2) is 34.2 Å². The summed E-state index contributed by atoms with van der Waals surface area (Å²) in [6.07, 6.45) is 3.60. The summed E-state index contributed by atoms with van der Waals surface area (Å²) in [5.74, 6) is 0.362. The van der Waals surface area contributed by atoms with E-state index in [9.17, 15) is 4.79 Å². The number of nitrogens with zero attached hydrogens (tertiary/aromatic N) is 3. The Bertz CT molecular complexity index is 645. The molecule has 0 radical (unpaired) electrons. The van der Waals surface area contributed by atoms with E-state index in [4.69, 9.17) is 16.3 Å². The highest BCUT2D eigenvalue weighted by Crippen LogP contribution is 2.27. The van der Waals surface area contributed by atoms with Gasteiger partial charge in [-0.1, -0.05) is 27.5 Å². The van der Waals surface area contributed by atoms with Crippen molar-refractivity contribution in [1.82, 2.24) is 14.7 Å². The summed E-state index contributed by atoms with van der Waals surface area (Å²) in [7, 11) is 3.56. The molecule has 0 aliphatic rings. The maximum atomic E-state index is 12.0. The van der Waals surface area contributed by atoms with Crippen LogP contribution in [0.4, 0.5) is 0 Å². The van der Waals surface area contributed by atoms with Gasteiger partial charge in [-0.2, -0.15) is 5.10 Å². The van der Waals surface area contributed by atoms with Gasteiger partial charge in [0.1, 0.15) is 5.75 Å². The van der Waals surface area contributed by atoms with Gasteiger partial charge in [0, 0.05) is 36.9 Å². The van der Waals surface area contributed by atoms with Crippen LogP contribution >= 0.6 is 27.5 Å². The Morgan fingerprint density at radius 2 is 2.29 bits per heavy atom. The Balaban J connectivity index is 1.89. The highest BCUT2D eigenvalue weighted by Gasteiger charge is 2.12. The Hall–Kier alpha value is -1.53. The van der Waals surface area contributed by atoms with Crippen LogP contribution in [0.2, 0.25) is 5.02 Å². The van der Waals surface area contributed by atoms with Crippen LogP contribution in [0.3, 0.4) is 0 Å². The molecule has 112 valence electrons. The van der Waals surface area contributed by atoms with E-state index in [0.29, 0.717) is 17.3 Å². The molecule has 1 aromatic heterocycles. The standard InChI is InChI=1S/C14H15BrClN3O2/c1-18(7-10-6-17-19(2)8-10)14(20)9-21-13-4-3-11(15)5-12(13)16/h3-6,8H,7,9H2,1-2H3. The van der Waals surface area contributed by atoms with Crippen LogP contribution in [0.1, 0.15) is 5.56 Å². The number of likely N-dealkylation sites (N-methyl/N-ethyl adjacent to an activating group) is 1. The van der Waals surface area contributed by atoms with E-state index in [2.05, 4.69) is 21.0 Å². The van der Waals surface area contributed by atoms with Gasteiger partial charge in [-0.15, -0.1) is 0 Å². The summed E-state index contributed by atoms with van der Waals surface area (Å²) >= 11 is 9.35. The third-order valence-corrected chi connectivity index (χ3v) is 3.64. The van der Waals surface area contributed by atoms with Crippen LogP contribution in [-0.2, 0) is 18.4 Å². The number of benzene rings is 1. The summed E-state index contributed by atoms with van der Waals surface area (Å²) in [5, 5.41) is 4.53. The van der Waals surface area contributed by atoms with Gasteiger partial charge in [0.25, 0.3) is 5.91 Å². The molecule has 0 fully saturated rings. The largest absolute Gasteiger partial charge is 0.482 e. The molecule has 0 aliphatic carbocycles. The molecule has 2 aromatic rings. The number of carbonyl (C=O) groups excluding carboxylic acids is 1. The highest BCUT2D eigenvalue weighted by atomic mass is 79.9. The molecule has 2 rings (SSSR count). The molecule has 0 N–H and O–H groups in total. The summed E-state index contributed by atoms with van der Waals surface area (Å²) < 4.78 is 8.01. The Morgan fingerprint density at radius 3 is 2.90 bits per heavy atom. The Labute approximate surface area is 136 Å². The van der Waals surface area contributed by atoms with Crippen molar-refractivity contribution in [2.45, 2.75) is 6.54 Å². The summed E-state index contributed by atoms with van der Waals surface area (Å²) in [6, 6.07) is 5.26. The first-order valence-corrected chi connectivity index (χ1v) is 7.42. The summed E-state index contributed by atoms with van der Waals surface area (Å²) in [5.41, 5.74) is 0.968. The van der Waals surface area contributed by atoms with E-state index in [0.717, 1.165) is 10.0 Å². The number of ether oxygens (including phenoxy) is 1. The van der Waals surface area contributed by atoms with Crippen LogP contribution in [0.15, 0.2) is 35.1 Å². The van der Waals surface area contributed by atoms with Gasteiger partial charge >= 0.3 is 0 Å². The average Bonchev–Trinajstić information content (AvgIpc) is 2.82. The fourth-order valence-corrected chi connectivity index (χ4v) is 2.49. The predicted molar refractivity (Wildman–Crippen MR) is 84.3 cm³/mol. The number of hydrogen-bond acceptors (Lipinski definition) is 3. The fraction of sp³-hybridized carbons (Fsp3) is 0.286. The van der Waals surface area contributed by atoms with E-state index < -0.39 is 0 Å². The van der Waals surface area contributed by atoms with Gasteiger partial charge in [-0.05, 0) is 18.2 Å². The molecule has 1 amide bonds. The highest BCUT2D eigenvalue weighted by molar-refractivity contribution is 9.10. The van der Waals surface area contributed by atoms with Gasteiger partial charge in [0.15, 0.2) is 6.61 Å². The van der Waals surface area contributed by atoms with E-state index in [1.54, 1.807) is 35.0 Å². The third-order valence-electron chi connectivity index (χ3n) is 2.85. The van der Waals surface area contributed by atoms with Crippen LogP contribution in [0, 0.1) is 0 Å². The van der Waals surface area contributed by atoms with Gasteiger partial charge in [-0.3, -0.25) is 9.48 Å². The van der Waals surface area contributed by atoms with Crippen molar-refractivity contribution in [1.29, 1.82) is 0 Å². The topological polar surface area (TPSA) is 47.4 Å². The van der Waals surface area contributed by atoms with Crippen LogP contribution in [0.25, 0.3) is 0 Å². The Morgan fingerprint density at radius 1 is 1.52 bits per heavy atom. The molecular weight excluding hydrogens is 358 g/mol. The predicted octanol–water partition coefficient (Wildman–Crippen LogP) is 2.87. The number of amides is 1. The minimum Gasteiger partial charge on any atom is -0.482 e. The van der Waals surface area contributed by atoms with E-state index >= 15 is 0 Å². The lowest BCUT2D eigenvalue weighted by molar-refractivity contribution is -0.132. The number of carbonyl (C=O) groups is 1. The molecule has 0 unspecified atom stereocenters. The maximum absolute atomic E-state index is 12.0. The van der Waals surface area contributed by atoms with Gasteiger partial charge in [0.2, 0.25) is 0 Å². The smallest absolute Gasteiger partial charge is 0.260 e. The first-order chi connectivity index (χ1) is 9.95. The van der Waals surface area contributed by atoms with Crippen molar-refractivity contribution in [2.75, 3.05) is 13.7 Å². The minimum atomic E-state index is -0.127. The van der Waals surface area contributed by atoms with E-state index in [-0.39, 0.29) is 12.5 Å². The van der Waals surface area contributed by atoms with Crippen molar-refractivity contribution in [3.05, 3.63) is 45.7 Å². The second kappa shape index (κ2) is 6.95. The first kappa shape index (κ1) is 15.9. The quantitative estimate of drug-likeness (QED) is 0.811. The fourth-order valence-electron chi connectivity index (χ4n) is 1.76. The molecular formula is C14H15BrClN3O2. The SMILES string of the molecule is CN(Cc1cnn(C)c1)C(=O)COc1ccc(Br)cc1Cl. The van der Waals surface area contributed by atoms with E-state index in [1.807, 2.05) is 19.3 Å². The number of aromatic nitrogens is 2. The van der Waals surface area contributed by atoms with Crippen molar-refractivity contribution < 1.29 is 9.53 Å². The normalized spacial score (nSPS) is 10.5. The molecule has 1 heterocycles. The van der Waals surface area contributed by atoms with Gasteiger partial charge in [-0.25, -0.2) is 0 Å². The molecule has 21 heavy (non-hydrogen) atoms. The van der Waals surface area contributed by atoms with Crippen molar-refractivity contribution in [3.63, 3.8) is 0 Å². The molecule has 0 spiro atoms. The summed E-state index contributed by atoms with van der Waals surface area (Å²) in [4.78, 5) is 13.6. The lowest BCUT2D eigenvalue weighted by atomic mass is 10.3. The molecule has 1 aromatic carbocycles. The molecule has 5 nitrogen and oxygen atoms in total. The number of rotatable bonds is 5. The maximum Gasteiger partial charge on any atom is 0.260 e. The molecule has 0 aliphatic heterocycles. The summed E-state index contributed by atoms with van der Waals surface area (Å²) in [6.45, 7) is 0.433. The monoisotopic (exact) mass is 371 g/mol. The third kappa shape index (κ3) is 4.47. The van der Waals surface area contributed by atoms with E-state index in [1.165, 1.54) is 0 Å². The zero-order valence-electron chi connectivity index (χ0n) is 11.7. The molecule has 0 atom stereocenters. The lowest BCUT2D eigenvalue weighted by Crippen LogP contribution is -2.30. The number of aryl methyl sites for hydroxylation is 1. The number of hydrogen-bond donors (Lipinski definition) is 0. The molecule has 0 saturated carbocycles. The second-order valence-electron chi connectivity index (χ2n) is 4.64. The Kier molecular flexibility index (Phi) is 5.25. The van der Waals surface area contributed by atoms with Crippen molar-refractivity contribution >= 4 is 33.4 Å². The van der Waals surface area contributed by atoms with Crippen LogP contribution < -0.4 is 4.74 Å². The zero-order chi connectivity index (χ0) is 15.4. The average molecular weight is 373 g/mol. The van der Waals surface area contributed by atoms with Crippen LogP contribution in [0.5, 0.6) is 5.75 Å². The molecule has 7 heteroatoms. The molecule has 0 saturated heterocycles.